The summed E-state index contributed by atoms with van der Waals surface area (Å²) in [5.74, 6) is 0.953. The van der Waals surface area contributed by atoms with E-state index in [9.17, 15) is 5.11 Å². The van der Waals surface area contributed by atoms with E-state index in [4.69, 9.17) is 4.74 Å². The van der Waals surface area contributed by atoms with E-state index in [2.05, 4.69) is 18.9 Å². The van der Waals surface area contributed by atoms with Gasteiger partial charge in [0.25, 0.3) is 0 Å². The second-order valence-electron chi connectivity index (χ2n) is 4.48. The van der Waals surface area contributed by atoms with Crippen molar-refractivity contribution in [2.24, 2.45) is 13.0 Å². The first-order valence-electron chi connectivity index (χ1n) is 6.39. The number of nitrogens with zero attached hydrogens (tertiary/aromatic N) is 2. The van der Waals surface area contributed by atoms with Gasteiger partial charge >= 0.3 is 0 Å². The van der Waals surface area contributed by atoms with Gasteiger partial charge in [-0.25, -0.2) is 0 Å². The van der Waals surface area contributed by atoms with Crippen molar-refractivity contribution in [3.05, 3.63) is 11.9 Å². The summed E-state index contributed by atoms with van der Waals surface area (Å²) in [6.45, 7) is 4.29. The summed E-state index contributed by atoms with van der Waals surface area (Å²) in [5.41, 5.74) is 0.787. The van der Waals surface area contributed by atoms with Crippen molar-refractivity contribution in [1.82, 2.24) is 9.78 Å². The fraction of sp³-hybridized carbons (Fsp3) is 0.769. The highest BCUT2D eigenvalue weighted by Crippen LogP contribution is 2.33. The van der Waals surface area contributed by atoms with Gasteiger partial charge in [-0.05, 0) is 12.3 Å². The molecule has 1 aromatic heterocycles. The van der Waals surface area contributed by atoms with Crippen LogP contribution in [-0.4, -0.2) is 22.0 Å². The van der Waals surface area contributed by atoms with Gasteiger partial charge in [0.2, 0.25) is 0 Å². The maximum absolute atomic E-state index is 10.4. The number of unbranched alkanes of at least 4 members (excludes halogenated alkanes) is 1. The molecule has 0 aliphatic carbocycles. The normalized spacial score (nSPS) is 14.6. The van der Waals surface area contributed by atoms with Gasteiger partial charge in [-0.15, -0.1) is 0 Å². The molecule has 0 saturated carbocycles. The minimum atomic E-state index is -0.492. The number of hydrogen-bond donors (Lipinski definition) is 1. The van der Waals surface area contributed by atoms with E-state index in [1.165, 1.54) is 0 Å². The van der Waals surface area contributed by atoms with E-state index in [1.54, 1.807) is 18.0 Å². The number of methoxy groups -OCH3 is 1. The van der Waals surface area contributed by atoms with Gasteiger partial charge in [0.05, 0.1) is 13.3 Å². The zero-order valence-corrected chi connectivity index (χ0v) is 11.3. The summed E-state index contributed by atoms with van der Waals surface area (Å²) in [5, 5.41) is 14.6. The van der Waals surface area contributed by atoms with Crippen molar-refractivity contribution in [1.29, 1.82) is 0 Å². The molecule has 4 nitrogen and oxygen atoms in total. The summed E-state index contributed by atoms with van der Waals surface area (Å²) in [6.07, 6.45) is 5.49. The van der Waals surface area contributed by atoms with Crippen molar-refractivity contribution < 1.29 is 9.84 Å². The lowest BCUT2D eigenvalue weighted by atomic mass is 9.91. The van der Waals surface area contributed by atoms with Gasteiger partial charge in [-0.2, -0.15) is 5.10 Å². The molecule has 1 N–H and O–H groups in total. The third-order valence-corrected chi connectivity index (χ3v) is 3.35. The molecule has 2 unspecified atom stereocenters. The Balaban J connectivity index is 2.84. The van der Waals surface area contributed by atoms with Crippen LogP contribution in [0.25, 0.3) is 0 Å². The lowest BCUT2D eigenvalue weighted by Gasteiger charge is -2.22. The number of aliphatic hydroxyl groups excluding tert-OH is 1. The molecule has 0 amide bonds. The molecule has 1 rings (SSSR count). The molecule has 0 spiro atoms. The number of rotatable bonds is 7. The predicted octanol–water partition coefficient (Wildman–Crippen LogP) is 2.68. The van der Waals surface area contributed by atoms with Crippen LogP contribution < -0.4 is 4.74 Å². The van der Waals surface area contributed by atoms with Gasteiger partial charge in [-0.1, -0.05) is 33.1 Å². The first-order valence-corrected chi connectivity index (χ1v) is 6.39. The fourth-order valence-corrected chi connectivity index (χ4v) is 2.20. The van der Waals surface area contributed by atoms with Crippen molar-refractivity contribution >= 4 is 0 Å². The van der Waals surface area contributed by atoms with E-state index in [0.717, 1.165) is 31.4 Å². The third-order valence-electron chi connectivity index (χ3n) is 3.35. The van der Waals surface area contributed by atoms with E-state index >= 15 is 0 Å². The number of aromatic nitrogens is 2. The molecule has 0 bridgehead atoms. The molecular weight excluding hydrogens is 216 g/mol. The minimum Gasteiger partial charge on any atom is -0.493 e. The van der Waals surface area contributed by atoms with E-state index in [-0.39, 0.29) is 5.92 Å². The predicted molar refractivity (Wildman–Crippen MR) is 68.0 cm³/mol. The van der Waals surface area contributed by atoms with Gasteiger partial charge < -0.3 is 9.84 Å². The van der Waals surface area contributed by atoms with Crippen LogP contribution in [0.1, 0.15) is 51.3 Å². The van der Waals surface area contributed by atoms with Gasteiger partial charge in [0.1, 0.15) is 11.8 Å². The smallest absolute Gasteiger partial charge is 0.162 e. The van der Waals surface area contributed by atoms with Crippen molar-refractivity contribution in [2.75, 3.05) is 7.11 Å². The molecule has 0 aliphatic heterocycles. The van der Waals surface area contributed by atoms with E-state index < -0.39 is 6.10 Å². The Bertz CT molecular complexity index is 336. The van der Waals surface area contributed by atoms with Crippen LogP contribution >= 0.6 is 0 Å². The molecule has 0 radical (unpaired) electrons. The SMILES string of the molecule is CCCCC(CC)C(O)c1c(OC)cnn1C. The Morgan fingerprint density at radius 3 is 2.71 bits per heavy atom. The standard InChI is InChI=1S/C13H24N2O2/c1-5-7-8-10(6-2)13(16)12-11(17-4)9-14-15(12)3/h9-10,13,16H,5-8H2,1-4H3. The molecule has 1 aromatic rings. The summed E-state index contributed by atoms with van der Waals surface area (Å²) >= 11 is 0. The number of hydrogen-bond acceptors (Lipinski definition) is 3. The van der Waals surface area contributed by atoms with Crippen LogP contribution in [0.5, 0.6) is 5.75 Å². The van der Waals surface area contributed by atoms with Crippen LogP contribution in [-0.2, 0) is 7.05 Å². The van der Waals surface area contributed by atoms with E-state index in [1.807, 2.05) is 7.05 Å². The zero-order valence-electron chi connectivity index (χ0n) is 11.3. The molecule has 17 heavy (non-hydrogen) atoms. The minimum absolute atomic E-state index is 0.277. The number of aryl methyl sites for hydroxylation is 1. The molecule has 98 valence electrons. The highest BCUT2D eigenvalue weighted by atomic mass is 16.5. The summed E-state index contributed by atoms with van der Waals surface area (Å²) in [4.78, 5) is 0. The quantitative estimate of drug-likeness (QED) is 0.797. The molecule has 0 fully saturated rings. The van der Waals surface area contributed by atoms with E-state index in [0.29, 0.717) is 5.75 Å². The Morgan fingerprint density at radius 1 is 1.47 bits per heavy atom. The van der Waals surface area contributed by atoms with Crippen LogP contribution in [0.15, 0.2) is 6.20 Å². The summed E-state index contributed by atoms with van der Waals surface area (Å²) < 4.78 is 6.95. The fourth-order valence-electron chi connectivity index (χ4n) is 2.20. The maximum Gasteiger partial charge on any atom is 0.162 e. The number of ether oxygens (including phenoxy) is 1. The first-order chi connectivity index (χ1) is 8.15. The molecular formula is C13H24N2O2. The van der Waals surface area contributed by atoms with Gasteiger partial charge in [0.15, 0.2) is 5.75 Å². The molecule has 0 saturated heterocycles. The van der Waals surface area contributed by atoms with Crippen molar-refractivity contribution in [3.8, 4) is 5.75 Å². The van der Waals surface area contributed by atoms with Crippen molar-refractivity contribution in [2.45, 2.75) is 45.6 Å². The lowest BCUT2D eigenvalue weighted by molar-refractivity contribution is 0.0885. The van der Waals surface area contributed by atoms with Gasteiger partial charge in [-0.3, -0.25) is 4.68 Å². The largest absolute Gasteiger partial charge is 0.493 e. The summed E-state index contributed by atoms with van der Waals surface area (Å²) in [6, 6.07) is 0. The Labute approximate surface area is 104 Å². The lowest BCUT2D eigenvalue weighted by Crippen LogP contribution is -2.16. The Hall–Kier alpha value is -1.03. The average molecular weight is 240 g/mol. The Morgan fingerprint density at radius 2 is 2.18 bits per heavy atom. The second-order valence-corrected chi connectivity index (χ2v) is 4.48. The third kappa shape index (κ3) is 3.22. The topological polar surface area (TPSA) is 47.3 Å². The van der Waals surface area contributed by atoms with Crippen LogP contribution in [0.3, 0.4) is 0 Å². The van der Waals surface area contributed by atoms with Gasteiger partial charge in [0, 0.05) is 7.05 Å². The van der Waals surface area contributed by atoms with Crippen LogP contribution in [0.4, 0.5) is 0 Å². The summed E-state index contributed by atoms with van der Waals surface area (Å²) in [7, 11) is 3.45. The molecule has 1 heterocycles. The zero-order chi connectivity index (χ0) is 12.8. The van der Waals surface area contributed by atoms with Crippen molar-refractivity contribution in [3.63, 3.8) is 0 Å². The first kappa shape index (κ1) is 14.0. The highest BCUT2D eigenvalue weighted by Gasteiger charge is 2.25. The molecule has 0 aliphatic rings. The molecule has 2 atom stereocenters. The van der Waals surface area contributed by atoms with Crippen LogP contribution in [0, 0.1) is 5.92 Å². The Kier molecular flexibility index (Phi) is 5.48. The molecule has 0 aromatic carbocycles. The monoisotopic (exact) mass is 240 g/mol. The maximum atomic E-state index is 10.4. The van der Waals surface area contributed by atoms with Crippen LogP contribution in [0.2, 0.25) is 0 Å². The number of aliphatic hydroxyl groups is 1. The average Bonchev–Trinajstić information content (AvgIpc) is 2.71. The molecule has 4 heteroatoms. The second kappa shape index (κ2) is 6.64. The highest BCUT2D eigenvalue weighted by molar-refractivity contribution is 5.27.